The van der Waals surface area contributed by atoms with Crippen molar-refractivity contribution >= 4 is 11.8 Å². The van der Waals surface area contributed by atoms with Gasteiger partial charge in [-0.1, -0.05) is 13.3 Å². The van der Waals surface area contributed by atoms with E-state index in [1.165, 1.54) is 50.3 Å². The average molecular weight is 228 g/mol. The molecule has 2 saturated heterocycles. The van der Waals surface area contributed by atoms with E-state index < -0.39 is 0 Å². The summed E-state index contributed by atoms with van der Waals surface area (Å²) < 4.78 is 0. The summed E-state index contributed by atoms with van der Waals surface area (Å²) in [6, 6.07) is 0. The summed E-state index contributed by atoms with van der Waals surface area (Å²) in [5, 5.41) is 0. The van der Waals surface area contributed by atoms with Crippen LogP contribution in [0.1, 0.15) is 32.6 Å². The number of nitrogens with zero attached hydrogens (tertiary/aromatic N) is 1. The Morgan fingerprint density at radius 2 is 2.13 bits per heavy atom. The molecule has 0 saturated carbocycles. The molecule has 0 amide bonds. The van der Waals surface area contributed by atoms with Gasteiger partial charge in [-0.2, -0.15) is 11.8 Å². The molecule has 0 bridgehead atoms. The second-order valence-electron chi connectivity index (χ2n) is 5.05. The van der Waals surface area contributed by atoms with E-state index >= 15 is 0 Å². The molecule has 0 radical (unpaired) electrons. The fraction of sp³-hybridized carbons (Fsp3) is 1.00. The highest BCUT2D eigenvalue weighted by molar-refractivity contribution is 7.99. The summed E-state index contributed by atoms with van der Waals surface area (Å²) in [6.45, 7) is 5.78. The first-order valence-electron chi connectivity index (χ1n) is 6.33. The van der Waals surface area contributed by atoms with Gasteiger partial charge in [-0.25, -0.2) is 0 Å². The van der Waals surface area contributed by atoms with Crippen LogP contribution in [0.25, 0.3) is 0 Å². The Balaban J connectivity index is 1.99. The Kier molecular flexibility index (Phi) is 3.97. The van der Waals surface area contributed by atoms with Crippen molar-refractivity contribution in [2.75, 3.05) is 31.1 Å². The third kappa shape index (κ3) is 2.34. The van der Waals surface area contributed by atoms with Crippen molar-refractivity contribution < 1.29 is 0 Å². The zero-order valence-electron chi connectivity index (χ0n) is 9.87. The van der Waals surface area contributed by atoms with Gasteiger partial charge in [-0.05, 0) is 43.2 Å². The molecule has 2 nitrogen and oxygen atoms in total. The minimum absolute atomic E-state index is 0.370. The van der Waals surface area contributed by atoms with Crippen molar-refractivity contribution in [3.63, 3.8) is 0 Å². The quantitative estimate of drug-likeness (QED) is 0.800. The molecule has 2 heterocycles. The Morgan fingerprint density at radius 3 is 2.67 bits per heavy atom. The minimum atomic E-state index is 0.370. The monoisotopic (exact) mass is 228 g/mol. The lowest BCUT2D eigenvalue weighted by Crippen LogP contribution is -2.55. The maximum atomic E-state index is 6.05. The maximum Gasteiger partial charge on any atom is 0.0347 e. The molecule has 1 unspecified atom stereocenters. The summed E-state index contributed by atoms with van der Waals surface area (Å²) in [5.41, 5.74) is 6.42. The number of rotatable bonds is 3. The summed E-state index contributed by atoms with van der Waals surface area (Å²) in [4.78, 5) is 2.71. The van der Waals surface area contributed by atoms with Gasteiger partial charge in [0.2, 0.25) is 0 Å². The van der Waals surface area contributed by atoms with E-state index in [0.717, 1.165) is 12.5 Å². The molecule has 15 heavy (non-hydrogen) atoms. The normalized spacial score (nSPS) is 32.0. The molecule has 2 N–H and O–H groups in total. The molecule has 3 heteroatoms. The molecule has 0 spiro atoms. The molecule has 0 aromatic rings. The van der Waals surface area contributed by atoms with Crippen LogP contribution in [0.15, 0.2) is 0 Å². The molecule has 0 aliphatic carbocycles. The van der Waals surface area contributed by atoms with Crippen molar-refractivity contribution in [3.8, 4) is 0 Å². The summed E-state index contributed by atoms with van der Waals surface area (Å²) in [6.07, 6.45) is 5.35. The summed E-state index contributed by atoms with van der Waals surface area (Å²) in [5.74, 6) is 3.55. The van der Waals surface area contributed by atoms with Crippen LogP contribution >= 0.6 is 11.8 Å². The van der Waals surface area contributed by atoms with E-state index in [9.17, 15) is 0 Å². The smallest absolute Gasteiger partial charge is 0.0347 e. The van der Waals surface area contributed by atoms with Gasteiger partial charge < -0.3 is 5.73 Å². The Bertz CT molecular complexity index is 202. The molecule has 0 aromatic carbocycles. The summed E-state index contributed by atoms with van der Waals surface area (Å²) >= 11 is 2.10. The lowest BCUT2D eigenvalue weighted by molar-refractivity contribution is 0.108. The molecule has 2 aliphatic heterocycles. The van der Waals surface area contributed by atoms with Crippen LogP contribution in [0.4, 0.5) is 0 Å². The maximum absolute atomic E-state index is 6.05. The molecule has 2 rings (SSSR count). The van der Waals surface area contributed by atoms with Gasteiger partial charge in [0.1, 0.15) is 0 Å². The number of nitrogens with two attached hydrogens (primary N) is 1. The fourth-order valence-electron chi connectivity index (χ4n) is 3.00. The van der Waals surface area contributed by atoms with E-state index in [4.69, 9.17) is 5.73 Å². The zero-order chi connectivity index (χ0) is 10.7. The first kappa shape index (κ1) is 11.7. The molecule has 2 fully saturated rings. The lowest BCUT2D eigenvalue weighted by atomic mass is 9.90. The van der Waals surface area contributed by atoms with Gasteiger partial charge in [0.15, 0.2) is 0 Å². The number of thioether (sulfide) groups is 1. The minimum Gasteiger partial charge on any atom is -0.329 e. The molecule has 2 aliphatic rings. The van der Waals surface area contributed by atoms with Crippen LogP contribution in [0.2, 0.25) is 0 Å². The van der Waals surface area contributed by atoms with Crippen molar-refractivity contribution in [1.29, 1.82) is 0 Å². The topological polar surface area (TPSA) is 29.3 Å². The van der Waals surface area contributed by atoms with Crippen molar-refractivity contribution in [3.05, 3.63) is 0 Å². The van der Waals surface area contributed by atoms with E-state index in [1.54, 1.807) is 0 Å². The molecular weight excluding hydrogens is 204 g/mol. The lowest BCUT2D eigenvalue weighted by Gasteiger charge is -2.44. The second kappa shape index (κ2) is 5.07. The molecule has 0 aromatic heterocycles. The first-order chi connectivity index (χ1) is 7.30. The Morgan fingerprint density at radius 1 is 1.40 bits per heavy atom. The van der Waals surface area contributed by atoms with Crippen molar-refractivity contribution in [1.82, 2.24) is 4.90 Å². The summed E-state index contributed by atoms with van der Waals surface area (Å²) in [7, 11) is 0. The van der Waals surface area contributed by atoms with Gasteiger partial charge in [-0.3, -0.25) is 4.90 Å². The van der Waals surface area contributed by atoms with Gasteiger partial charge in [0, 0.05) is 18.6 Å². The number of hydrogen-bond donors (Lipinski definition) is 1. The largest absolute Gasteiger partial charge is 0.329 e. The van der Waals surface area contributed by atoms with Crippen LogP contribution in [0, 0.1) is 5.92 Å². The van der Waals surface area contributed by atoms with Crippen LogP contribution in [0.3, 0.4) is 0 Å². The highest BCUT2D eigenvalue weighted by Crippen LogP contribution is 2.35. The van der Waals surface area contributed by atoms with Crippen LogP contribution < -0.4 is 5.73 Å². The Hall–Kier alpha value is 0.270. The standard InChI is InChI=1S/C12H24N2S/c1-2-11-3-6-14(9-11)12(10-13)4-7-15-8-5-12/h11H,2-10,13H2,1H3. The highest BCUT2D eigenvalue weighted by atomic mass is 32.2. The third-order valence-corrected chi connectivity index (χ3v) is 5.32. The van der Waals surface area contributed by atoms with Crippen molar-refractivity contribution in [2.24, 2.45) is 11.7 Å². The van der Waals surface area contributed by atoms with E-state index in [0.29, 0.717) is 5.54 Å². The number of hydrogen-bond acceptors (Lipinski definition) is 3. The van der Waals surface area contributed by atoms with Gasteiger partial charge >= 0.3 is 0 Å². The fourth-order valence-corrected chi connectivity index (χ4v) is 4.25. The van der Waals surface area contributed by atoms with E-state index in [-0.39, 0.29) is 0 Å². The van der Waals surface area contributed by atoms with Crippen LogP contribution in [-0.2, 0) is 0 Å². The van der Waals surface area contributed by atoms with E-state index in [1.807, 2.05) is 0 Å². The second-order valence-corrected chi connectivity index (χ2v) is 6.27. The van der Waals surface area contributed by atoms with Gasteiger partial charge in [0.25, 0.3) is 0 Å². The highest BCUT2D eigenvalue weighted by Gasteiger charge is 2.39. The first-order valence-corrected chi connectivity index (χ1v) is 7.49. The van der Waals surface area contributed by atoms with E-state index in [2.05, 4.69) is 23.6 Å². The predicted molar refractivity (Wildman–Crippen MR) is 68.3 cm³/mol. The number of likely N-dealkylation sites (tertiary alicyclic amines) is 1. The Labute approximate surface area is 98.0 Å². The molecule has 1 atom stereocenters. The van der Waals surface area contributed by atoms with Crippen LogP contribution in [-0.4, -0.2) is 41.6 Å². The third-order valence-electron chi connectivity index (χ3n) is 4.34. The zero-order valence-corrected chi connectivity index (χ0v) is 10.7. The van der Waals surface area contributed by atoms with Gasteiger partial charge in [-0.15, -0.1) is 0 Å². The van der Waals surface area contributed by atoms with Gasteiger partial charge in [0.05, 0.1) is 0 Å². The van der Waals surface area contributed by atoms with Crippen LogP contribution in [0.5, 0.6) is 0 Å². The predicted octanol–water partition coefficient (Wildman–Crippen LogP) is 1.94. The average Bonchev–Trinajstić information content (AvgIpc) is 2.79. The SMILES string of the molecule is CCC1CCN(C2(CN)CCSCC2)C1. The molecular formula is C12H24N2S. The molecule has 88 valence electrons. The van der Waals surface area contributed by atoms with Crippen molar-refractivity contribution in [2.45, 2.75) is 38.1 Å².